The average Bonchev–Trinajstić information content (AvgIpc) is 3.17. The van der Waals surface area contributed by atoms with E-state index >= 15 is 0 Å². The number of nitrogens with one attached hydrogen (secondary N) is 1. The maximum absolute atomic E-state index is 12.3. The Hall–Kier alpha value is -2.41. The summed E-state index contributed by atoms with van der Waals surface area (Å²) in [5.41, 5.74) is 4.21. The van der Waals surface area contributed by atoms with Crippen LogP contribution >= 0.6 is 22.9 Å². The van der Waals surface area contributed by atoms with Gasteiger partial charge in [0, 0.05) is 54.5 Å². The van der Waals surface area contributed by atoms with Gasteiger partial charge in [-0.2, -0.15) is 0 Å². The number of rotatable bonds is 6. The molecular formula is C23H25ClN4OS. The second-order valence-electron chi connectivity index (χ2n) is 7.57. The molecule has 0 aliphatic carbocycles. The van der Waals surface area contributed by atoms with E-state index in [9.17, 15) is 4.79 Å². The van der Waals surface area contributed by atoms with Gasteiger partial charge in [0.25, 0.3) is 0 Å². The third kappa shape index (κ3) is 5.59. The summed E-state index contributed by atoms with van der Waals surface area (Å²) in [7, 11) is 0. The lowest BCUT2D eigenvalue weighted by Crippen LogP contribution is -2.46. The lowest BCUT2D eigenvalue weighted by Gasteiger charge is -2.35. The largest absolute Gasteiger partial charge is 0.369 e. The fraction of sp³-hybridized carbons (Fsp3) is 0.304. The van der Waals surface area contributed by atoms with Crippen LogP contribution in [0.4, 0.5) is 11.4 Å². The van der Waals surface area contributed by atoms with E-state index in [-0.39, 0.29) is 5.91 Å². The molecule has 0 bridgehead atoms. The van der Waals surface area contributed by atoms with Gasteiger partial charge in [-0.1, -0.05) is 35.4 Å². The van der Waals surface area contributed by atoms with Crippen LogP contribution in [0.2, 0.25) is 5.02 Å². The monoisotopic (exact) mass is 440 g/mol. The summed E-state index contributed by atoms with van der Waals surface area (Å²) in [5, 5.41) is 6.63. The number of thiazole rings is 1. The Morgan fingerprint density at radius 3 is 2.63 bits per heavy atom. The van der Waals surface area contributed by atoms with Gasteiger partial charge in [-0.15, -0.1) is 11.3 Å². The van der Waals surface area contributed by atoms with Crippen molar-refractivity contribution >= 4 is 40.2 Å². The van der Waals surface area contributed by atoms with Gasteiger partial charge in [0.05, 0.1) is 12.1 Å². The van der Waals surface area contributed by atoms with Crippen molar-refractivity contribution in [1.82, 2.24) is 9.88 Å². The summed E-state index contributed by atoms with van der Waals surface area (Å²) in [6.45, 7) is 6.74. The highest BCUT2D eigenvalue weighted by atomic mass is 35.5. The van der Waals surface area contributed by atoms with E-state index in [1.165, 1.54) is 11.3 Å². The van der Waals surface area contributed by atoms with Crippen molar-refractivity contribution in [2.75, 3.05) is 36.4 Å². The highest BCUT2D eigenvalue weighted by molar-refractivity contribution is 7.09. The minimum absolute atomic E-state index is 0.0325. The molecule has 1 saturated heterocycles. The van der Waals surface area contributed by atoms with Crippen LogP contribution in [0.15, 0.2) is 53.9 Å². The lowest BCUT2D eigenvalue weighted by molar-refractivity contribution is -0.115. The highest BCUT2D eigenvalue weighted by Gasteiger charge is 2.18. The van der Waals surface area contributed by atoms with E-state index in [0.717, 1.165) is 54.1 Å². The van der Waals surface area contributed by atoms with Crippen molar-refractivity contribution in [3.05, 3.63) is 75.2 Å². The number of halogens is 1. The van der Waals surface area contributed by atoms with Gasteiger partial charge in [-0.25, -0.2) is 4.98 Å². The first-order valence-electron chi connectivity index (χ1n) is 10.1. The van der Waals surface area contributed by atoms with Gasteiger partial charge in [0.2, 0.25) is 5.91 Å². The van der Waals surface area contributed by atoms with Gasteiger partial charge < -0.3 is 10.2 Å². The van der Waals surface area contributed by atoms with Crippen molar-refractivity contribution in [3.63, 3.8) is 0 Å². The van der Waals surface area contributed by atoms with E-state index in [1.807, 2.05) is 49.4 Å². The molecule has 2 heterocycles. The summed E-state index contributed by atoms with van der Waals surface area (Å²) in [5.74, 6) is -0.0325. The fourth-order valence-electron chi connectivity index (χ4n) is 3.55. The minimum Gasteiger partial charge on any atom is -0.369 e. The number of carbonyl (C=O) groups excluding carboxylic acids is 1. The zero-order valence-corrected chi connectivity index (χ0v) is 18.5. The Morgan fingerprint density at radius 2 is 1.90 bits per heavy atom. The van der Waals surface area contributed by atoms with Gasteiger partial charge in [0.1, 0.15) is 5.01 Å². The number of piperazine rings is 1. The molecule has 3 aromatic rings. The second-order valence-corrected chi connectivity index (χ2v) is 8.95. The Kier molecular flexibility index (Phi) is 6.67. The predicted octanol–water partition coefficient (Wildman–Crippen LogP) is 4.61. The summed E-state index contributed by atoms with van der Waals surface area (Å²) in [6.07, 6.45) is 0.307. The molecular weight excluding hydrogens is 416 g/mol. The lowest BCUT2D eigenvalue weighted by atomic mass is 10.2. The van der Waals surface area contributed by atoms with Crippen LogP contribution in [0.1, 0.15) is 16.3 Å². The number of amides is 1. The zero-order valence-electron chi connectivity index (χ0n) is 17.0. The molecule has 7 heteroatoms. The van der Waals surface area contributed by atoms with Crippen LogP contribution in [0.25, 0.3) is 0 Å². The predicted molar refractivity (Wildman–Crippen MR) is 125 cm³/mol. The molecule has 2 aromatic carbocycles. The number of carbonyl (C=O) groups is 1. The fourth-order valence-corrected chi connectivity index (χ4v) is 4.52. The van der Waals surface area contributed by atoms with Gasteiger partial charge in [-0.05, 0) is 37.3 Å². The SMILES string of the molecule is Cc1ccc(NC(=O)Cc2nc(CN3CCN(c4cccc(Cl)c4)CC3)cs2)cc1. The van der Waals surface area contributed by atoms with Crippen LogP contribution < -0.4 is 10.2 Å². The Bertz CT molecular complexity index is 996. The first-order valence-corrected chi connectivity index (χ1v) is 11.3. The van der Waals surface area contributed by atoms with Crippen molar-refractivity contribution in [2.45, 2.75) is 19.9 Å². The first kappa shape index (κ1) is 20.8. The highest BCUT2D eigenvalue weighted by Crippen LogP contribution is 2.21. The number of aryl methyl sites for hydroxylation is 1. The number of hydrogen-bond donors (Lipinski definition) is 1. The van der Waals surface area contributed by atoms with Crippen LogP contribution in [-0.4, -0.2) is 42.0 Å². The minimum atomic E-state index is -0.0325. The van der Waals surface area contributed by atoms with Crippen molar-refractivity contribution < 1.29 is 4.79 Å². The van der Waals surface area contributed by atoms with E-state index in [4.69, 9.17) is 11.6 Å². The third-order valence-corrected chi connectivity index (χ3v) is 6.31. The molecule has 1 aromatic heterocycles. The van der Waals surface area contributed by atoms with Crippen molar-refractivity contribution in [3.8, 4) is 0 Å². The summed E-state index contributed by atoms with van der Waals surface area (Å²) in [4.78, 5) is 21.7. The van der Waals surface area contributed by atoms with Crippen LogP contribution in [0.3, 0.4) is 0 Å². The smallest absolute Gasteiger partial charge is 0.231 e. The van der Waals surface area contributed by atoms with E-state index < -0.39 is 0 Å². The Morgan fingerprint density at radius 1 is 1.13 bits per heavy atom. The Balaban J connectivity index is 1.25. The molecule has 0 unspecified atom stereocenters. The molecule has 0 radical (unpaired) electrons. The number of aromatic nitrogens is 1. The van der Waals surface area contributed by atoms with Gasteiger partial charge >= 0.3 is 0 Å². The number of hydrogen-bond acceptors (Lipinski definition) is 5. The number of nitrogens with zero attached hydrogens (tertiary/aromatic N) is 3. The molecule has 156 valence electrons. The van der Waals surface area contributed by atoms with Crippen molar-refractivity contribution in [2.24, 2.45) is 0 Å². The van der Waals surface area contributed by atoms with Crippen molar-refractivity contribution in [1.29, 1.82) is 0 Å². The van der Waals surface area contributed by atoms with Gasteiger partial charge in [-0.3, -0.25) is 9.69 Å². The summed E-state index contributed by atoms with van der Waals surface area (Å²) < 4.78 is 0. The quantitative estimate of drug-likeness (QED) is 0.608. The van der Waals surface area contributed by atoms with Crippen LogP contribution in [0.5, 0.6) is 0 Å². The molecule has 1 aliphatic rings. The van der Waals surface area contributed by atoms with E-state index in [1.54, 1.807) is 11.3 Å². The van der Waals surface area contributed by atoms with E-state index in [2.05, 4.69) is 31.5 Å². The number of benzene rings is 2. The Labute approximate surface area is 186 Å². The maximum atomic E-state index is 12.3. The standard InChI is InChI=1S/C23H25ClN4OS/c1-17-5-7-19(8-6-17)25-22(29)14-23-26-20(16-30-23)15-27-9-11-28(12-10-27)21-4-2-3-18(24)13-21/h2-8,13,16H,9-12,14-15H2,1H3,(H,25,29). The normalized spacial score (nSPS) is 14.7. The zero-order chi connectivity index (χ0) is 20.9. The molecule has 1 amide bonds. The number of anilines is 2. The van der Waals surface area contributed by atoms with Crippen LogP contribution in [0, 0.1) is 6.92 Å². The molecule has 0 saturated carbocycles. The van der Waals surface area contributed by atoms with E-state index in [0.29, 0.717) is 6.42 Å². The summed E-state index contributed by atoms with van der Waals surface area (Å²) >= 11 is 7.67. The molecule has 1 fully saturated rings. The van der Waals surface area contributed by atoms with Gasteiger partial charge in [0.15, 0.2) is 0 Å². The first-order chi connectivity index (χ1) is 14.5. The molecule has 5 nitrogen and oxygen atoms in total. The second kappa shape index (κ2) is 9.60. The average molecular weight is 441 g/mol. The van der Waals surface area contributed by atoms with Crippen LogP contribution in [-0.2, 0) is 17.8 Å². The molecule has 1 aliphatic heterocycles. The maximum Gasteiger partial charge on any atom is 0.231 e. The molecule has 4 rings (SSSR count). The molecule has 0 spiro atoms. The topological polar surface area (TPSA) is 48.5 Å². The summed E-state index contributed by atoms with van der Waals surface area (Å²) in [6, 6.07) is 15.8. The molecule has 30 heavy (non-hydrogen) atoms. The molecule has 0 atom stereocenters. The third-order valence-electron chi connectivity index (χ3n) is 5.18. The molecule has 1 N–H and O–H groups in total.